The molecule has 0 saturated carbocycles. The molecule has 0 amide bonds. The molecule has 0 aliphatic carbocycles. The van der Waals surface area contributed by atoms with E-state index < -0.39 is 9.84 Å². The monoisotopic (exact) mass is 517 g/mol. The van der Waals surface area contributed by atoms with E-state index in [0.717, 1.165) is 29.8 Å². The van der Waals surface area contributed by atoms with Crippen LogP contribution in [0.15, 0.2) is 17.3 Å². The van der Waals surface area contributed by atoms with Crippen molar-refractivity contribution < 1.29 is 8.42 Å². The lowest BCUT2D eigenvalue weighted by Crippen LogP contribution is -2.42. The average molecular weight is 518 g/mol. The van der Waals surface area contributed by atoms with Crippen LogP contribution in [0.4, 0.5) is 0 Å². The molecule has 0 bridgehead atoms. The summed E-state index contributed by atoms with van der Waals surface area (Å²) in [5.74, 6) is 1.35. The van der Waals surface area contributed by atoms with Gasteiger partial charge in [-0.05, 0) is 13.0 Å². The van der Waals surface area contributed by atoms with Gasteiger partial charge in [0, 0.05) is 52.2 Å². The Morgan fingerprint density at radius 1 is 1.38 bits per heavy atom. The minimum Gasteiger partial charge on any atom is -0.357 e. The van der Waals surface area contributed by atoms with Crippen LogP contribution in [-0.4, -0.2) is 80.0 Å². The number of hydrogen-bond donors (Lipinski definition) is 1. The second kappa shape index (κ2) is 10.7. The van der Waals surface area contributed by atoms with Crippen molar-refractivity contribution in [2.24, 2.45) is 12.0 Å². The van der Waals surface area contributed by atoms with Crippen molar-refractivity contribution in [3.05, 3.63) is 23.0 Å². The minimum absolute atomic E-state index is 0. The van der Waals surface area contributed by atoms with E-state index in [1.54, 1.807) is 0 Å². The average Bonchev–Trinajstić information content (AvgIpc) is 2.85. The Balaban J connectivity index is 0.00000338. The van der Waals surface area contributed by atoms with Gasteiger partial charge in [-0.15, -0.1) is 24.0 Å². The number of aromatic nitrogens is 1. The standard InChI is InChI=1S/C16H28ClN5O2S.HI/c1-4-18-16(21(3)13-15-11-14(17)12-20(15)2)19-5-6-22-7-9-25(23,24)10-8-22;/h11-12H,4-10,13H2,1-3H3,(H,18,19);1H. The number of hydrogen-bond acceptors (Lipinski definition) is 4. The SMILES string of the molecule is CCNC(=NCCN1CCS(=O)(=O)CC1)N(C)Cc1cc(Cl)cn1C.I. The fourth-order valence-electron chi connectivity index (χ4n) is 2.78. The molecule has 0 atom stereocenters. The quantitative estimate of drug-likeness (QED) is 0.351. The topological polar surface area (TPSA) is 69.9 Å². The van der Waals surface area contributed by atoms with Crippen molar-refractivity contribution in [3.63, 3.8) is 0 Å². The number of aliphatic imine (C=N–C) groups is 1. The van der Waals surface area contributed by atoms with Gasteiger partial charge >= 0.3 is 0 Å². The molecular weight excluding hydrogens is 489 g/mol. The van der Waals surface area contributed by atoms with E-state index in [4.69, 9.17) is 11.6 Å². The zero-order valence-corrected chi connectivity index (χ0v) is 19.5. The lowest BCUT2D eigenvalue weighted by molar-refractivity contribution is 0.303. The van der Waals surface area contributed by atoms with Gasteiger partial charge in [-0.25, -0.2) is 8.42 Å². The molecule has 2 rings (SSSR count). The van der Waals surface area contributed by atoms with E-state index in [1.807, 2.05) is 37.8 Å². The van der Waals surface area contributed by atoms with Crippen LogP contribution in [0.2, 0.25) is 5.02 Å². The van der Waals surface area contributed by atoms with Gasteiger partial charge in [-0.1, -0.05) is 11.6 Å². The molecule has 1 aromatic rings. The molecule has 1 aromatic heterocycles. The first-order chi connectivity index (χ1) is 11.8. The molecule has 10 heteroatoms. The number of aryl methyl sites for hydroxylation is 1. The summed E-state index contributed by atoms with van der Waals surface area (Å²) in [6.07, 6.45) is 1.89. The van der Waals surface area contributed by atoms with Gasteiger partial charge in [0.1, 0.15) is 0 Å². The lowest BCUT2D eigenvalue weighted by Gasteiger charge is -2.26. The maximum absolute atomic E-state index is 11.5. The number of halogens is 2. The van der Waals surface area contributed by atoms with Crippen molar-refractivity contribution in [3.8, 4) is 0 Å². The van der Waals surface area contributed by atoms with Gasteiger partial charge in [-0.2, -0.15) is 0 Å². The Hall–Kier alpha value is -0.520. The third-order valence-electron chi connectivity index (χ3n) is 4.28. The van der Waals surface area contributed by atoms with Gasteiger partial charge in [0.05, 0.1) is 29.6 Å². The predicted molar refractivity (Wildman–Crippen MR) is 118 cm³/mol. The first kappa shape index (κ1) is 23.5. The number of guanidine groups is 1. The summed E-state index contributed by atoms with van der Waals surface area (Å²) < 4.78 is 25.0. The van der Waals surface area contributed by atoms with Crippen molar-refractivity contribution >= 4 is 51.4 Å². The van der Waals surface area contributed by atoms with Crippen LogP contribution in [0.25, 0.3) is 0 Å². The molecule has 0 spiro atoms. The van der Waals surface area contributed by atoms with Gasteiger partial charge in [0.15, 0.2) is 15.8 Å². The van der Waals surface area contributed by atoms with Crippen LogP contribution >= 0.6 is 35.6 Å². The van der Waals surface area contributed by atoms with Crippen LogP contribution < -0.4 is 5.32 Å². The second-order valence-corrected chi connectivity index (χ2v) is 9.09. The Bertz CT molecular complexity index is 693. The molecule has 0 aromatic carbocycles. The molecule has 1 saturated heterocycles. The highest BCUT2D eigenvalue weighted by molar-refractivity contribution is 14.0. The van der Waals surface area contributed by atoms with E-state index >= 15 is 0 Å². The zero-order chi connectivity index (χ0) is 18.4. The van der Waals surface area contributed by atoms with Crippen LogP contribution in [0.1, 0.15) is 12.6 Å². The van der Waals surface area contributed by atoms with Gasteiger partial charge in [0.25, 0.3) is 0 Å². The normalized spacial score (nSPS) is 17.6. The highest BCUT2D eigenvalue weighted by Crippen LogP contribution is 2.14. The molecule has 150 valence electrons. The fraction of sp³-hybridized carbons (Fsp3) is 0.688. The third kappa shape index (κ3) is 7.24. The fourth-order valence-corrected chi connectivity index (χ4v) is 4.33. The Morgan fingerprint density at radius 2 is 2.04 bits per heavy atom. The van der Waals surface area contributed by atoms with Gasteiger partial charge < -0.3 is 14.8 Å². The molecule has 0 unspecified atom stereocenters. The summed E-state index contributed by atoms with van der Waals surface area (Å²) in [7, 11) is 1.14. The smallest absolute Gasteiger partial charge is 0.194 e. The van der Waals surface area contributed by atoms with Crippen molar-refractivity contribution in [1.29, 1.82) is 0 Å². The maximum Gasteiger partial charge on any atom is 0.194 e. The summed E-state index contributed by atoms with van der Waals surface area (Å²) in [6.45, 7) is 6.15. The predicted octanol–water partition coefficient (Wildman–Crippen LogP) is 1.42. The van der Waals surface area contributed by atoms with E-state index in [2.05, 4.69) is 20.1 Å². The summed E-state index contributed by atoms with van der Waals surface area (Å²) in [5.41, 5.74) is 1.11. The summed E-state index contributed by atoms with van der Waals surface area (Å²) in [5, 5.41) is 4.03. The van der Waals surface area contributed by atoms with E-state index in [0.29, 0.717) is 26.2 Å². The second-order valence-electron chi connectivity index (χ2n) is 6.35. The van der Waals surface area contributed by atoms with Crippen molar-refractivity contribution in [1.82, 2.24) is 19.7 Å². The molecule has 1 N–H and O–H groups in total. The third-order valence-corrected chi connectivity index (χ3v) is 6.10. The molecule has 2 heterocycles. The summed E-state index contributed by atoms with van der Waals surface area (Å²) >= 11 is 6.05. The number of rotatable bonds is 6. The van der Waals surface area contributed by atoms with Crippen LogP contribution in [0.3, 0.4) is 0 Å². The van der Waals surface area contributed by atoms with Crippen LogP contribution in [0, 0.1) is 0 Å². The minimum atomic E-state index is -2.83. The van der Waals surface area contributed by atoms with Crippen LogP contribution in [0.5, 0.6) is 0 Å². The number of sulfone groups is 1. The first-order valence-corrected chi connectivity index (χ1v) is 10.7. The molecule has 1 aliphatic rings. The molecule has 7 nitrogen and oxygen atoms in total. The maximum atomic E-state index is 11.5. The zero-order valence-electron chi connectivity index (χ0n) is 15.6. The van der Waals surface area contributed by atoms with E-state index in [9.17, 15) is 8.42 Å². The number of nitrogens with zero attached hydrogens (tertiary/aromatic N) is 4. The number of nitrogens with one attached hydrogen (secondary N) is 1. The van der Waals surface area contributed by atoms with E-state index in [-0.39, 0.29) is 35.5 Å². The molecule has 1 aliphatic heterocycles. The highest BCUT2D eigenvalue weighted by Gasteiger charge is 2.21. The summed E-state index contributed by atoms with van der Waals surface area (Å²) in [6, 6.07) is 1.95. The largest absolute Gasteiger partial charge is 0.357 e. The van der Waals surface area contributed by atoms with E-state index in [1.165, 1.54) is 0 Å². The molecule has 1 fully saturated rings. The Labute approximate surface area is 178 Å². The van der Waals surface area contributed by atoms with Gasteiger partial charge in [-0.3, -0.25) is 9.89 Å². The lowest BCUT2D eigenvalue weighted by atomic mass is 10.4. The van der Waals surface area contributed by atoms with Gasteiger partial charge in [0.2, 0.25) is 0 Å². The summed E-state index contributed by atoms with van der Waals surface area (Å²) in [4.78, 5) is 8.90. The van der Waals surface area contributed by atoms with Crippen LogP contribution in [-0.2, 0) is 23.4 Å². The first-order valence-electron chi connectivity index (χ1n) is 8.53. The Kier molecular flexibility index (Phi) is 9.70. The molecule has 26 heavy (non-hydrogen) atoms. The Morgan fingerprint density at radius 3 is 2.58 bits per heavy atom. The van der Waals surface area contributed by atoms with Crippen molar-refractivity contribution in [2.45, 2.75) is 13.5 Å². The molecular formula is C16H29ClIN5O2S. The van der Waals surface area contributed by atoms with Crippen molar-refractivity contribution in [2.75, 3.05) is 51.3 Å². The highest BCUT2D eigenvalue weighted by atomic mass is 127. The molecule has 0 radical (unpaired) electrons.